The van der Waals surface area contributed by atoms with Crippen LogP contribution in [0.15, 0.2) is 34.9 Å². The van der Waals surface area contributed by atoms with Gasteiger partial charge in [0.1, 0.15) is 12.0 Å². The number of aromatic nitrogens is 1. The Kier molecular flexibility index (Phi) is 6.37. The summed E-state index contributed by atoms with van der Waals surface area (Å²) >= 11 is 0. The number of benzene rings is 1. The highest BCUT2D eigenvalue weighted by molar-refractivity contribution is 5.91. The predicted molar refractivity (Wildman–Crippen MR) is 91.9 cm³/mol. The first-order valence-corrected chi connectivity index (χ1v) is 8.13. The van der Waals surface area contributed by atoms with E-state index in [0.29, 0.717) is 30.7 Å². The van der Waals surface area contributed by atoms with Crippen molar-refractivity contribution in [1.82, 2.24) is 15.2 Å². The molecule has 1 N–H and O–H groups in total. The third kappa shape index (κ3) is 4.83. The zero-order chi connectivity index (χ0) is 17.5. The number of ether oxygens (including phenoxy) is 1. The molecule has 1 heterocycles. The Morgan fingerprint density at radius 2 is 2.00 bits per heavy atom. The molecular formula is C18H25N3O3. The molecule has 1 amide bonds. The zero-order valence-electron chi connectivity index (χ0n) is 14.7. The summed E-state index contributed by atoms with van der Waals surface area (Å²) < 4.78 is 10.6. The first-order chi connectivity index (χ1) is 11.5. The SMILES string of the molecule is CCNC(=O)c1coc(CN(Cc2ccc(OC)cc2)C(C)C)n1. The fourth-order valence-electron chi connectivity index (χ4n) is 2.30. The monoisotopic (exact) mass is 331 g/mol. The van der Waals surface area contributed by atoms with Crippen molar-refractivity contribution in [2.45, 2.75) is 39.9 Å². The maximum absolute atomic E-state index is 11.8. The first-order valence-electron chi connectivity index (χ1n) is 8.13. The van der Waals surface area contributed by atoms with E-state index in [1.165, 1.54) is 11.8 Å². The van der Waals surface area contributed by atoms with E-state index in [4.69, 9.17) is 9.15 Å². The molecule has 2 aromatic rings. The zero-order valence-corrected chi connectivity index (χ0v) is 14.7. The predicted octanol–water partition coefficient (Wildman–Crippen LogP) is 2.84. The molecule has 0 spiro atoms. The molecular weight excluding hydrogens is 306 g/mol. The highest BCUT2D eigenvalue weighted by atomic mass is 16.5. The van der Waals surface area contributed by atoms with Gasteiger partial charge in [-0.3, -0.25) is 9.69 Å². The van der Waals surface area contributed by atoms with Crippen molar-refractivity contribution in [3.05, 3.63) is 47.7 Å². The number of methoxy groups -OCH3 is 1. The fraction of sp³-hybridized carbons (Fsp3) is 0.444. The van der Waals surface area contributed by atoms with Crippen molar-refractivity contribution in [3.8, 4) is 5.75 Å². The second-order valence-corrected chi connectivity index (χ2v) is 5.83. The highest BCUT2D eigenvalue weighted by Crippen LogP contribution is 2.16. The van der Waals surface area contributed by atoms with E-state index in [-0.39, 0.29) is 5.91 Å². The summed E-state index contributed by atoms with van der Waals surface area (Å²) in [5.41, 5.74) is 1.50. The number of amides is 1. The quantitative estimate of drug-likeness (QED) is 0.805. The molecule has 24 heavy (non-hydrogen) atoms. The summed E-state index contributed by atoms with van der Waals surface area (Å²) in [7, 11) is 1.66. The van der Waals surface area contributed by atoms with Crippen LogP contribution >= 0.6 is 0 Å². The van der Waals surface area contributed by atoms with E-state index < -0.39 is 0 Å². The summed E-state index contributed by atoms with van der Waals surface area (Å²) in [5.74, 6) is 1.17. The van der Waals surface area contributed by atoms with Crippen LogP contribution in [-0.2, 0) is 13.1 Å². The molecule has 130 valence electrons. The molecule has 0 aliphatic rings. The van der Waals surface area contributed by atoms with Crippen molar-refractivity contribution in [1.29, 1.82) is 0 Å². The lowest BCUT2D eigenvalue weighted by molar-refractivity contribution is 0.0950. The second kappa shape index (κ2) is 8.49. The van der Waals surface area contributed by atoms with Crippen LogP contribution in [-0.4, -0.2) is 35.5 Å². The van der Waals surface area contributed by atoms with Gasteiger partial charge in [0.15, 0.2) is 5.69 Å². The first kappa shape index (κ1) is 18.0. The lowest BCUT2D eigenvalue weighted by Gasteiger charge is -2.25. The molecule has 6 heteroatoms. The number of hydrogen-bond donors (Lipinski definition) is 1. The minimum Gasteiger partial charge on any atom is -0.497 e. The Morgan fingerprint density at radius 3 is 2.58 bits per heavy atom. The number of nitrogens with zero attached hydrogens (tertiary/aromatic N) is 2. The third-order valence-electron chi connectivity index (χ3n) is 3.74. The molecule has 0 unspecified atom stereocenters. The van der Waals surface area contributed by atoms with Crippen molar-refractivity contribution in [3.63, 3.8) is 0 Å². The van der Waals surface area contributed by atoms with E-state index in [2.05, 4.69) is 29.0 Å². The third-order valence-corrected chi connectivity index (χ3v) is 3.74. The Labute approximate surface area is 142 Å². The van der Waals surface area contributed by atoms with Crippen LogP contribution in [0.5, 0.6) is 5.75 Å². The van der Waals surface area contributed by atoms with E-state index >= 15 is 0 Å². The van der Waals surface area contributed by atoms with Gasteiger partial charge >= 0.3 is 0 Å². The molecule has 0 saturated carbocycles. The van der Waals surface area contributed by atoms with Crippen LogP contribution in [0.2, 0.25) is 0 Å². The molecule has 0 bridgehead atoms. The molecule has 0 atom stereocenters. The fourth-order valence-corrected chi connectivity index (χ4v) is 2.30. The van der Waals surface area contributed by atoms with E-state index in [0.717, 1.165) is 12.3 Å². The molecule has 2 rings (SSSR count). The maximum atomic E-state index is 11.8. The molecule has 0 radical (unpaired) electrons. The second-order valence-electron chi connectivity index (χ2n) is 5.83. The van der Waals surface area contributed by atoms with Crippen molar-refractivity contribution in [2.24, 2.45) is 0 Å². The minimum atomic E-state index is -0.209. The molecule has 0 fully saturated rings. The van der Waals surface area contributed by atoms with Crippen LogP contribution in [0.4, 0.5) is 0 Å². The van der Waals surface area contributed by atoms with Crippen LogP contribution < -0.4 is 10.1 Å². The number of carbonyl (C=O) groups is 1. The van der Waals surface area contributed by atoms with Gasteiger partial charge in [-0.25, -0.2) is 4.98 Å². The van der Waals surface area contributed by atoms with Gasteiger partial charge < -0.3 is 14.5 Å². The van der Waals surface area contributed by atoms with Gasteiger partial charge in [-0.1, -0.05) is 12.1 Å². The van der Waals surface area contributed by atoms with Gasteiger partial charge in [-0.15, -0.1) is 0 Å². The number of hydrogen-bond acceptors (Lipinski definition) is 5. The number of oxazole rings is 1. The lowest BCUT2D eigenvalue weighted by Crippen LogP contribution is -2.30. The molecule has 6 nitrogen and oxygen atoms in total. The van der Waals surface area contributed by atoms with Crippen LogP contribution in [0, 0.1) is 0 Å². The Balaban J connectivity index is 2.04. The Morgan fingerprint density at radius 1 is 1.29 bits per heavy atom. The topological polar surface area (TPSA) is 67.6 Å². The van der Waals surface area contributed by atoms with Crippen molar-refractivity contribution >= 4 is 5.91 Å². The van der Waals surface area contributed by atoms with E-state index in [9.17, 15) is 4.79 Å². The average Bonchev–Trinajstić information content (AvgIpc) is 3.04. The van der Waals surface area contributed by atoms with Gasteiger partial charge in [0, 0.05) is 19.1 Å². The molecule has 0 aliphatic carbocycles. The number of nitrogens with one attached hydrogen (secondary N) is 1. The van der Waals surface area contributed by atoms with Gasteiger partial charge in [0.2, 0.25) is 5.89 Å². The Bertz CT molecular complexity index is 650. The summed E-state index contributed by atoms with van der Waals surface area (Å²) in [4.78, 5) is 18.3. The van der Waals surface area contributed by atoms with Crippen LogP contribution in [0.3, 0.4) is 0 Å². The van der Waals surface area contributed by atoms with E-state index in [1.807, 2.05) is 31.2 Å². The smallest absolute Gasteiger partial charge is 0.273 e. The summed E-state index contributed by atoms with van der Waals surface area (Å²) in [5, 5.41) is 2.71. The standard InChI is InChI=1S/C18H25N3O3/c1-5-19-18(22)16-12-24-17(20-16)11-21(13(2)3)10-14-6-8-15(23-4)9-7-14/h6-9,12-13H,5,10-11H2,1-4H3,(H,19,22). The normalized spacial score (nSPS) is 11.1. The minimum absolute atomic E-state index is 0.209. The molecule has 0 saturated heterocycles. The number of carbonyl (C=O) groups excluding carboxylic acids is 1. The van der Waals surface area contributed by atoms with Crippen LogP contribution in [0.25, 0.3) is 0 Å². The Hall–Kier alpha value is -2.34. The summed E-state index contributed by atoms with van der Waals surface area (Å²) in [6.45, 7) is 7.99. The molecule has 1 aromatic heterocycles. The summed E-state index contributed by atoms with van der Waals surface area (Å²) in [6, 6.07) is 8.30. The largest absolute Gasteiger partial charge is 0.497 e. The van der Waals surface area contributed by atoms with Gasteiger partial charge in [0.25, 0.3) is 5.91 Å². The van der Waals surface area contributed by atoms with Gasteiger partial charge in [-0.2, -0.15) is 0 Å². The average molecular weight is 331 g/mol. The van der Waals surface area contributed by atoms with Crippen molar-refractivity contribution in [2.75, 3.05) is 13.7 Å². The van der Waals surface area contributed by atoms with Crippen molar-refractivity contribution < 1.29 is 13.9 Å². The van der Waals surface area contributed by atoms with E-state index in [1.54, 1.807) is 7.11 Å². The highest BCUT2D eigenvalue weighted by Gasteiger charge is 2.16. The van der Waals surface area contributed by atoms with Gasteiger partial charge in [-0.05, 0) is 38.5 Å². The maximum Gasteiger partial charge on any atom is 0.273 e. The summed E-state index contributed by atoms with van der Waals surface area (Å²) in [6.07, 6.45) is 1.41. The molecule has 0 aliphatic heterocycles. The van der Waals surface area contributed by atoms with Gasteiger partial charge in [0.05, 0.1) is 13.7 Å². The molecule has 1 aromatic carbocycles. The lowest BCUT2D eigenvalue weighted by atomic mass is 10.2. The number of rotatable bonds is 8. The van der Waals surface area contributed by atoms with Crippen LogP contribution in [0.1, 0.15) is 42.7 Å².